The monoisotopic (exact) mass is 379 g/mol. The number of carbonyl (C=O) groups excluding carboxylic acids is 1. The molecule has 144 valence electrons. The maximum atomic E-state index is 12.6. The summed E-state index contributed by atoms with van der Waals surface area (Å²) in [5.74, 6) is 0.267. The molecule has 4 heterocycles. The number of amides is 1. The molecule has 0 spiro atoms. The van der Waals surface area contributed by atoms with E-state index in [9.17, 15) is 9.90 Å². The van der Waals surface area contributed by atoms with Gasteiger partial charge in [0, 0.05) is 36.7 Å². The molecule has 8 nitrogen and oxygen atoms in total. The highest BCUT2D eigenvalue weighted by Gasteiger charge is 2.16. The lowest BCUT2D eigenvalue weighted by molar-refractivity contribution is 0.0946. The summed E-state index contributed by atoms with van der Waals surface area (Å²) in [4.78, 5) is 21.4. The van der Waals surface area contributed by atoms with Crippen molar-refractivity contribution in [1.29, 1.82) is 0 Å². The summed E-state index contributed by atoms with van der Waals surface area (Å²) >= 11 is 0. The number of aromatic nitrogens is 4. The molecule has 1 amide bonds. The SMILES string of the molecule is CCn1cc2nc(OC)c(CNC(=O)c3cn4c(C)cccc4n3)cc2c1O. The predicted molar refractivity (Wildman–Crippen MR) is 105 cm³/mol. The summed E-state index contributed by atoms with van der Waals surface area (Å²) < 4.78 is 8.94. The molecule has 4 aromatic heterocycles. The van der Waals surface area contributed by atoms with Crippen molar-refractivity contribution < 1.29 is 14.6 Å². The quantitative estimate of drug-likeness (QED) is 0.556. The minimum absolute atomic E-state index is 0.149. The van der Waals surface area contributed by atoms with Crippen LogP contribution < -0.4 is 10.1 Å². The highest BCUT2D eigenvalue weighted by atomic mass is 16.5. The molecular weight excluding hydrogens is 358 g/mol. The van der Waals surface area contributed by atoms with Gasteiger partial charge in [-0.3, -0.25) is 4.79 Å². The summed E-state index contributed by atoms with van der Waals surface area (Å²) in [5, 5.41) is 13.8. The van der Waals surface area contributed by atoms with E-state index in [0.29, 0.717) is 34.6 Å². The fourth-order valence-electron chi connectivity index (χ4n) is 3.26. The second kappa shape index (κ2) is 6.88. The van der Waals surface area contributed by atoms with Gasteiger partial charge in [0.25, 0.3) is 5.91 Å². The van der Waals surface area contributed by atoms with Gasteiger partial charge in [-0.2, -0.15) is 0 Å². The van der Waals surface area contributed by atoms with Crippen molar-refractivity contribution in [3.8, 4) is 11.8 Å². The standard InChI is InChI=1S/C20H21N5O3/c1-4-24-10-15-14(20(24)27)8-13(19(23-15)28-3)9-21-18(26)16-11-25-12(2)6-5-7-17(25)22-16/h5-8,10-11,27H,4,9H2,1-3H3,(H,21,26). The van der Waals surface area contributed by atoms with Crippen LogP contribution in [0.25, 0.3) is 16.6 Å². The van der Waals surface area contributed by atoms with E-state index in [1.807, 2.05) is 36.4 Å². The summed E-state index contributed by atoms with van der Waals surface area (Å²) in [5.41, 5.74) is 3.37. The van der Waals surface area contributed by atoms with Crippen molar-refractivity contribution in [3.63, 3.8) is 0 Å². The van der Waals surface area contributed by atoms with E-state index >= 15 is 0 Å². The van der Waals surface area contributed by atoms with E-state index in [-0.39, 0.29) is 18.3 Å². The van der Waals surface area contributed by atoms with Gasteiger partial charge in [-0.15, -0.1) is 0 Å². The van der Waals surface area contributed by atoms with E-state index in [2.05, 4.69) is 15.3 Å². The highest BCUT2D eigenvalue weighted by molar-refractivity contribution is 5.93. The molecular formula is C20H21N5O3. The number of nitrogens with one attached hydrogen (secondary N) is 1. The van der Waals surface area contributed by atoms with Gasteiger partial charge in [-0.1, -0.05) is 6.07 Å². The number of imidazole rings is 1. The molecule has 0 bridgehead atoms. The Morgan fingerprint density at radius 2 is 2.11 bits per heavy atom. The number of hydrogen-bond donors (Lipinski definition) is 2. The van der Waals surface area contributed by atoms with Crippen LogP contribution in [0.5, 0.6) is 11.8 Å². The molecule has 28 heavy (non-hydrogen) atoms. The first-order chi connectivity index (χ1) is 13.5. The Bertz CT molecular complexity index is 1190. The number of carbonyl (C=O) groups is 1. The van der Waals surface area contributed by atoms with Gasteiger partial charge in [0.1, 0.15) is 11.3 Å². The van der Waals surface area contributed by atoms with Crippen molar-refractivity contribution in [2.45, 2.75) is 26.9 Å². The molecule has 0 aromatic carbocycles. The third-order valence-corrected chi connectivity index (χ3v) is 4.78. The summed E-state index contributed by atoms with van der Waals surface area (Å²) in [6, 6.07) is 7.50. The number of hydrogen-bond acceptors (Lipinski definition) is 5. The number of nitrogens with zero attached hydrogens (tertiary/aromatic N) is 4. The highest BCUT2D eigenvalue weighted by Crippen LogP contribution is 2.30. The zero-order valence-electron chi connectivity index (χ0n) is 15.9. The number of methoxy groups -OCH3 is 1. The molecule has 4 aromatic rings. The van der Waals surface area contributed by atoms with E-state index in [1.54, 1.807) is 23.0 Å². The zero-order valence-corrected chi connectivity index (χ0v) is 15.9. The van der Waals surface area contributed by atoms with Gasteiger partial charge >= 0.3 is 0 Å². The average molecular weight is 379 g/mol. The number of fused-ring (bicyclic) bond motifs is 2. The van der Waals surface area contributed by atoms with Crippen LogP contribution in [0.4, 0.5) is 0 Å². The van der Waals surface area contributed by atoms with Crippen molar-refractivity contribution in [2.75, 3.05) is 7.11 Å². The van der Waals surface area contributed by atoms with Crippen LogP contribution in [0, 0.1) is 6.92 Å². The molecule has 0 aliphatic carbocycles. The first-order valence-electron chi connectivity index (χ1n) is 9.00. The molecule has 4 rings (SSSR count). The third-order valence-electron chi connectivity index (χ3n) is 4.78. The molecule has 0 radical (unpaired) electrons. The molecule has 0 saturated carbocycles. The van der Waals surface area contributed by atoms with Crippen molar-refractivity contribution in [2.24, 2.45) is 0 Å². The van der Waals surface area contributed by atoms with E-state index < -0.39 is 0 Å². The Morgan fingerprint density at radius 3 is 2.82 bits per heavy atom. The van der Waals surface area contributed by atoms with Crippen LogP contribution in [0.3, 0.4) is 0 Å². The van der Waals surface area contributed by atoms with Gasteiger partial charge in [0.05, 0.1) is 18.0 Å². The fraction of sp³-hybridized carbons (Fsp3) is 0.250. The minimum Gasteiger partial charge on any atom is -0.494 e. The smallest absolute Gasteiger partial charge is 0.271 e. The molecule has 0 aliphatic rings. The predicted octanol–water partition coefficient (Wildman–Crippen LogP) is 2.66. The maximum Gasteiger partial charge on any atom is 0.271 e. The summed E-state index contributed by atoms with van der Waals surface area (Å²) in [7, 11) is 1.53. The number of aromatic hydroxyl groups is 1. The Balaban J connectivity index is 1.61. The lowest BCUT2D eigenvalue weighted by Crippen LogP contribution is -2.23. The average Bonchev–Trinajstić information content (AvgIpc) is 3.27. The molecule has 8 heteroatoms. The van der Waals surface area contributed by atoms with Crippen LogP contribution in [-0.4, -0.2) is 37.1 Å². The van der Waals surface area contributed by atoms with E-state index in [4.69, 9.17) is 4.74 Å². The Morgan fingerprint density at radius 1 is 1.29 bits per heavy atom. The fourth-order valence-corrected chi connectivity index (χ4v) is 3.26. The minimum atomic E-state index is -0.291. The third kappa shape index (κ3) is 2.92. The van der Waals surface area contributed by atoms with Gasteiger partial charge < -0.3 is 24.1 Å². The Hall–Kier alpha value is -3.55. The molecule has 0 aliphatic heterocycles. The lowest BCUT2D eigenvalue weighted by atomic mass is 10.2. The van der Waals surface area contributed by atoms with E-state index in [0.717, 1.165) is 11.3 Å². The number of aryl methyl sites for hydroxylation is 2. The second-order valence-corrected chi connectivity index (χ2v) is 6.53. The summed E-state index contributed by atoms with van der Waals surface area (Å²) in [6.07, 6.45) is 3.49. The van der Waals surface area contributed by atoms with Gasteiger partial charge in [0.2, 0.25) is 11.8 Å². The van der Waals surface area contributed by atoms with Crippen LogP contribution in [0.1, 0.15) is 28.7 Å². The zero-order chi connectivity index (χ0) is 19.8. The number of pyridine rings is 2. The lowest BCUT2D eigenvalue weighted by Gasteiger charge is -2.08. The molecule has 2 N–H and O–H groups in total. The number of ether oxygens (including phenoxy) is 1. The van der Waals surface area contributed by atoms with Crippen molar-refractivity contribution in [3.05, 3.63) is 53.6 Å². The van der Waals surface area contributed by atoms with Crippen molar-refractivity contribution in [1.82, 2.24) is 24.3 Å². The van der Waals surface area contributed by atoms with Crippen LogP contribution in [0.2, 0.25) is 0 Å². The molecule has 0 fully saturated rings. The van der Waals surface area contributed by atoms with Crippen LogP contribution in [0.15, 0.2) is 36.7 Å². The first-order valence-corrected chi connectivity index (χ1v) is 9.00. The van der Waals surface area contributed by atoms with Gasteiger partial charge in [0.15, 0.2) is 0 Å². The number of rotatable bonds is 5. The van der Waals surface area contributed by atoms with Crippen molar-refractivity contribution >= 4 is 22.5 Å². The second-order valence-electron chi connectivity index (χ2n) is 6.53. The first kappa shape index (κ1) is 17.8. The van der Waals surface area contributed by atoms with Crippen LogP contribution >= 0.6 is 0 Å². The van der Waals surface area contributed by atoms with Gasteiger partial charge in [-0.25, -0.2) is 9.97 Å². The van der Waals surface area contributed by atoms with E-state index in [1.165, 1.54) is 7.11 Å². The largest absolute Gasteiger partial charge is 0.494 e. The maximum absolute atomic E-state index is 12.6. The van der Waals surface area contributed by atoms with Gasteiger partial charge in [-0.05, 0) is 32.0 Å². The Kier molecular flexibility index (Phi) is 4.38. The topological polar surface area (TPSA) is 93.7 Å². The van der Waals surface area contributed by atoms with Crippen LogP contribution in [-0.2, 0) is 13.1 Å². The normalized spacial score (nSPS) is 11.2. The summed E-state index contributed by atoms with van der Waals surface area (Å²) in [6.45, 7) is 4.73. The molecule has 0 atom stereocenters. The molecule has 0 unspecified atom stereocenters. The Labute approximate surface area is 161 Å². The molecule has 0 saturated heterocycles.